The van der Waals surface area contributed by atoms with Crippen LogP contribution in [-0.4, -0.2) is 56.1 Å². The molecule has 1 saturated heterocycles. The highest BCUT2D eigenvalue weighted by molar-refractivity contribution is 7.17. The molecule has 3 aromatic rings. The molecule has 0 spiro atoms. The lowest BCUT2D eigenvalue weighted by molar-refractivity contribution is 0.0162. The summed E-state index contributed by atoms with van der Waals surface area (Å²) >= 11 is 1.39. The van der Waals surface area contributed by atoms with Gasteiger partial charge in [-0.25, -0.2) is 19.2 Å². The third kappa shape index (κ3) is 5.24. The molecule has 0 saturated carbocycles. The van der Waals surface area contributed by atoms with E-state index in [1.54, 1.807) is 31.9 Å². The molecule has 0 aromatic carbocycles. The van der Waals surface area contributed by atoms with Crippen molar-refractivity contribution in [1.82, 2.24) is 25.2 Å². The molecule has 2 N–H and O–H groups in total. The van der Waals surface area contributed by atoms with Gasteiger partial charge in [-0.15, -0.1) is 11.3 Å². The molecule has 4 rings (SSSR count). The fourth-order valence-electron chi connectivity index (χ4n) is 3.73. The number of likely N-dealkylation sites (tertiary alicyclic amines) is 1. The molecule has 0 aliphatic carbocycles. The van der Waals surface area contributed by atoms with Crippen LogP contribution in [0.5, 0.6) is 0 Å². The van der Waals surface area contributed by atoms with E-state index in [2.05, 4.69) is 25.6 Å². The van der Waals surface area contributed by atoms with E-state index < -0.39 is 23.1 Å². The normalized spacial score (nSPS) is 16.0. The van der Waals surface area contributed by atoms with Gasteiger partial charge >= 0.3 is 6.09 Å². The Hall–Kier alpha value is -3.34. The fraction of sp³-hybridized carbons (Fsp3) is 0.435. The summed E-state index contributed by atoms with van der Waals surface area (Å²) in [6.07, 6.45) is 2.19. The first-order valence-electron chi connectivity index (χ1n) is 10.9. The highest BCUT2D eigenvalue weighted by atomic mass is 32.1. The topological polar surface area (TPSA) is 109 Å². The lowest BCUT2D eigenvalue weighted by atomic mass is 9.92. The fourth-order valence-corrected chi connectivity index (χ4v) is 4.55. The average molecular weight is 487 g/mol. The number of halogens is 1. The predicted octanol–water partition coefficient (Wildman–Crippen LogP) is 4.14. The third-order valence-electron chi connectivity index (χ3n) is 5.25. The number of hydrogen-bond donors (Lipinski definition) is 2. The van der Waals surface area contributed by atoms with Gasteiger partial charge in [0.15, 0.2) is 5.69 Å². The average Bonchev–Trinajstić information content (AvgIpc) is 3.18. The van der Waals surface area contributed by atoms with E-state index in [0.717, 1.165) is 6.20 Å². The number of nitrogens with one attached hydrogen (secondary N) is 2. The number of pyridine rings is 1. The van der Waals surface area contributed by atoms with E-state index in [1.807, 2.05) is 25.3 Å². The van der Waals surface area contributed by atoms with Crippen molar-refractivity contribution >= 4 is 39.5 Å². The van der Waals surface area contributed by atoms with Crippen LogP contribution in [0, 0.1) is 5.82 Å². The quantitative estimate of drug-likeness (QED) is 0.558. The number of thiophene rings is 1. The lowest BCUT2D eigenvalue weighted by Crippen LogP contribution is -2.70. The molecule has 3 aromatic heterocycles. The highest BCUT2D eigenvalue weighted by Gasteiger charge is 2.44. The Labute approximate surface area is 200 Å². The van der Waals surface area contributed by atoms with Crippen molar-refractivity contribution in [2.45, 2.75) is 51.8 Å². The largest absolute Gasteiger partial charge is 0.444 e. The van der Waals surface area contributed by atoms with Crippen LogP contribution >= 0.6 is 11.3 Å². The molecule has 2 amide bonds. The van der Waals surface area contributed by atoms with Crippen LogP contribution < -0.4 is 10.6 Å². The van der Waals surface area contributed by atoms with Gasteiger partial charge in [0.2, 0.25) is 5.95 Å². The van der Waals surface area contributed by atoms with Gasteiger partial charge in [-0.3, -0.25) is 9.78 Å². The Morgan fingerprint density at radius 3 is 2.68 bits per heavy atom. The first-order valence-corrected chi connectivity index (χ1v) is 11.7. The van der Waals surface area contributed by atoms with Crippen molar-refractivity contribution in [2.75, 3.05) is 18.4 Å². The Kier molecular flexibility index (Phi) is 6.15. The number of fused-ring (bicyclic) bond motifs is 1. The zero-order chi connectivity index (χ0) is 24.7. The van der Waals surface area contributed by atoms with E-state index >= 15 is 0 Å². The zero-order valence-electron chi connectivity index (χ0n) is 19.7. The molecule has 34 heavy (non-hydrogen) atoms. The van der Waals surface area contributed by atoms with Gasteiger partial charge in [0.05, 0.1) is 28.0 Å². The lowest BCUT2D eigenvalue weighted by Gasteiger charge is -2.48. The van der Waals surface area contributed by atoms with Crippen molar-refractivity contribution in [3.63, 3.8) is 0 Å². The van der Waals surface area contributed by atoms with Crippen LogP contribution in [0.25, 0.3) is 10.2 Å². The first-order chi connectivity index (χ1) is 15.9. The van der Waals surface area contributed by atoms with E-state index in [0.29, 0.717) is 28.9 Å². The Bertz CT molecular complexity index is 1230. The second kappa shape index (κ2) is 8.79. The molecule has 1 atom stereocenters. The van der Waals surface area contributed by atoms with Crippen LogP contribution in [0.1, 0.15) is 56.7 Å². The van der Waals surface area contributed by atoms with E-state index in [-0.39, 0.29) is 23.6 Å². The minimum absolute atomic E-state index is 0.249. The van der Waals surface area contributed by atoms with E-state index in [9.17, 15) is 14.0 Å². The standard InChI is InChI=1S/C23H27FN6O3S/c1-13(14-8-15(24)10-25-9-14)26-20-27-16-6-7-34-18(16)17(28-20)19(31)30-11-23(5,12-30)29-21(32)33-22(2,3)4/h6-10,13H,11-12H2,1-5H3,(H,29,32)(H,26,27,28)/t13-/m0/s1. The van der Waals surface area contributed by atoms with Gasteiger partial charge < -0.3 is 20.3 Å². The molecule has 11 heteroatoms. The van der Waals surface area contributed by atoms with Gasteiger partial charge in [-0.1, -0.05) is 0 Å². The van der Waals surface area contributed by atoms with Crippen molar-refractivity contribution < 1.29 is 18.7 Å². The third-order valence-corrected chi connectivity index (χ3v) is 6.16. The van der Waals surface area contributed by atoms with Crippen LogP contribution in [0.4, 0.5) is 15.1 Å². The van der Waals surface area contributed by atoms with Gasteiger partial charge in [0, 0.05) is 19.3 Å². The number of rotatable bonds is 5. The number of carbonyl (C=O) groups is 2. The van der Waals surface area contributed by atoms with Crippen LogP contribution in [-0.2, 0) is 4.74 Å². The zero-order valence-corrected chi connectivity index (χ0v) is 20.5. The second-order valence-corrected chi connectivity index (χ2v) is 10.6. The maximum Gasteiger partial charge on any atom is 0.408 e. The molecular weight excluding hydrogens is 459 g/mol. The molecule has 1 fully saturated rings. The molecule has 9 nitrogen and oxygen atoms in total. The molecule has 180 valence electrons. The predicted molar refractivity (Wildman–Crippen MR) is 127 cm³/mol. The minimum atomic E-state index is -0.604. The summed E-state index contributed by atoms with van der Waals surface area (Å²) in [6.45, 7) is 9.75. The molecule has 0 bridgehead atoms. The van der Waals surface area contributed by atoms with E-state index in [4.69, 9.17) is 4.74 Å². The Balaban J connectivity index is 1.49. The number of anilines is 1. The number of amides is 2. The number of ether oxygens (including phenoxy) is 1. The number of aromatic nitrogens is 3. The van der Waals surface area contributed by atoms with Crippen molar-refractivity contribution in [1.29, 1.82) is 0 Å². The van der Waals surface area contributed by atoms with Gasteiger partial charge in [0.1, 0.15) is 11.4 Å². The molecule has 1 aliphatic heterocycles. The van der Waals surface area contributed by atoms with Gasteiger partial charge in [-0.2, -0.15) is 0 Å². The Morgan fingerprint density at radius 1 is 1.26 bits per heavy atom. The summed E-state index contributed by atoms with van der Waals surface area (Å²) in [6, 6.07) is 2.88. The van der Waals surface area contributed by atoms with E-state index in [1.165, 1.54) is 17.4 Å². The molecule has 0 unspecified atom stereocenters. The monoisotopic (exact) mass is 486 g/mol. The number of alkyl carbamates (subject to hydrolysis) is 1. The highest BCUT2D eigenvalue weighted by Crippen LogP contribution is 2.29. The smallest absolute Gasteiger partial charge is 0.408 e. The van der Waals surface area contributed by atoms with Gasteiger partial charge in [0.25, 0.3) is 5.91 Å². The summed E-state index contributed by atoms with van der Waals surface area (Å²) in [5, 5.41) is 7.83. The SMILES string of the molecule is C[C@H](Nc1nc(C(=O)N2CC(C)(NC(=O)OC(C)(C)C)C2)c2sccc2n1)c1cncc(F)c1. The molecule has 4 heterocycles. The molecule has 0 radical (unpaired) electrons. The van der Waals surface area contributed by atoms with Gasteiger partial charge in [-0.05, 0) is 57.7 Å². The number of hydrogen-bond acceptors (Lipinski definition) is 8. The van der Waals surface area contributed by atoms with Crippen molar-refractivity contribution in [3.05, 3.63) is 47.0 Å². The summed E-state index contributed by atoms with van der Waals surface area (Å²) < 4.78 is 19.6. The number of nitrogens with zero attached hydrogens (tertiary/aromatic N) is 4. The maximum absolute atomic E-state index is 13.6. The van der Waals surface area contributed by atoms with Crippen molar-refractivity contribution in [3.8, 4) is 0 Å². The summed E-state index contributed by atoms with van der Waals surface area (Å²) in [7, 11) is 0. The Morgan fingerprint density at radius 2 is 2.00 bits per heavy atom. The summed E-state index contributed by atoms with van der Waals surface area (Å²) in [5.41, 5.74) is 0.373. The molecular formula is C23H27FN6O3S. The molecule has 1 aliphatic rings. The summed E-state index contributed by atoms with van der Waals surface area (Å²) in [5.74, 6) is -0.417. The minimum Gasteiger partial charge on any atom is -0.444 e. The van der Waals surface area contributed by atoms with Crippen molar-refractivity contribution in [2.24, 2.45) is 0 Å². The maximum atomic E-state index is 13.6. The number of carbonyl (C=O) groups excluding carboxylic acids is 2. The van der Waals surface area contributed by atoms with Crippen LogP contribution in [0.15, 0.2) is 29.9 Å². The second-order valence-electron chi connectivity index (χ2n) is 9.68. The van der Waals surface area contributed by atoms with Crippen LogP contribution in [0.2, 0.25) is 0 Å². The first kappa shape index (κ1) is 23.8. The summed E-state index contributed by atoms with van der Waals surface area (Å²) in [4.78, 5) is 39.9. The van der Waals surface area contributed by atoms with Crippen LogP contribution in [0.3, 0.4) is 0 Å².